The van der Waals surface area contributed by atoms with E-state index in [2.05, 4.69) is 24.4 Å². The van der Waals surface area contributed by atoms with Crippen LogP contribution in [-0.4, -0.2) is 11.1 Å². The van der Waals surface area contributed by atoms with Gasteiger partial charge in [0, 0.05) is 5.69 Å². The van der Waals surface area contributed by atoms with Gasteiger partial charge in [0.15, 0.2) is 0 Å². The SMILES string of the molecule is CCC(Nc1ccc(C)cc1C(=O)O)c1ccccc1. The van der Waals surface area contributed by atoms with Crippen molar-refractivity contribution in [3.63, 3.8) is 0 Å². The normalized spacial score (nSPS) is 11.9. The monoisotopic (exact) mass is 269 g/mol. The number of nitrogens with one attached hydrogen (secondary N) is 1. The van der Waals surface area contributed by atoms with Crippen molar-refractivity contribution in [2.45, 2.75) is 26.3 Å². The first kappa shape index (κ1) is 14.1. The fraction of sp³-hybridized carbons (Fsp3) is 0.235. The van der Waals surface area contributed by atoms with Crippen molar-refractivity contribution in [1.82, 2.24) is 0 Å². The predicted molar refractivity (Wildman–Crippen MR) is 81.2 cm³/mol. The molecule has 0 fully saturated rings. The van der Waals surface area contributed by atoms with Crippen molar-refractivity contribution in [3.05, 3.63) is 65.2 Å². The predicted octanol–water partition coefficient (Wildman–Crippen LogP) is 4.26. The molecule has 3 heteroatoms. The summed E-state index contributed by atoms with van der Waals surface area (Å²) >= 11 is 0. The van der Waals surface area contributed by atoms with Crippen molar-refractivity contribution in [2.75, 3.05) is 5.32 Å². The fourth-order valence-electron chi connectivity index (χ4n) is 2.26. The van der Waals surface area contributed by atoms with E-state index in [-0.39, 0.29) is 6.04 Å². The Balaban J connectivity index is 2.31. The number of hydrogen-bond donors (Lipinski definition) is 2. The van der Waals surface area contributed by atoms with Crippen LogP contribution in [0.25, 0.3) is 0 Å². The zero-order valence-electron chi connectivity index (χ0n) is 11.8. The number of carboxylic acid groups (broad SMARTS) is 1. The number of aryl methyl sites for hydroxylation is 1. The second kappa shape index (κ2) is 6.24. The summed E-state index contributed by atoms with van der Waals surface area (Å²) in [5.41, 5.74) is 3.09. The summed E-state index contributed by atoms with van der Waals surface area (Å²) in [6, 6.07) is 15.6. The highest BCUT2D eigenvalue weighted by Crippen LogP contribution is 2.25. The standard InChI is InChI=1S/C17H19NO2/c1-3-15(13-7-5-4-6-8-13)18-16-10-9-12(2)11-14(16)17(19)20/h4-11,15,18H,3H2,1-2H3,(H,19,20). The van der Waals surface area contributed by atoms with E-state index >= 15 is 0 Å². The molecule has 0 heterocycles. The topological polar surface area (TPSA) is 49.3 Å². The van der Waals surface area contributed by atoms with E-state index in [0.29, 0.717) is 11.3 Å². The fourth-order valence-corrected chi connectivity index (χ4v) is 2.26. The highest BCUT2D eigenvalue weighted by Gasteiger charge is 2.14. The molecule has 3 nitrogen and oxygen atoms in total. The molecule has 2 N–H and O–H groups in total. The van der Waals surface area contributed by atoms with Gasteiger partial charge in [-0.1, -0.05) is 48.9 Å². The Bertz CT molecular complexity index is 593. The van der Waals surface area contributed by atoms with Crippen molar-refractivity contribution >= 4 is 11.7 Å². The van der Waals surface area contributed by atoms with E-state index in [1.165, 1.54) is 0 Å². The lowest BCUT2D eigenvalue weighted by atomic mass is 10.0. The quantitative estimate of drug-likeness (QED) is 0.852. The van der Waals surface area contributed by atoms with Gasteiger partial charge in [-0.2, -0.15) is 0 Å². The molecule has 104 valence electrons. The molecule has 0 aliphatic rings. The highest BCUT2D eigenvalue weighted by molar-refractivity contribution is 5.94. The van der Waals surface area contributed by atoms with Crippen LogP contribution in [0, 0.1) is 6.92 Å². The van der Waals surface area contributed by atoms with Crippen LogP contribution in [0.4, 0.5) is 5.69 Å². The molecule has 0 spiro atoms. The van der Waals surface area contributed by atoms with Gasteiger partial charge in [-0.25, -0.2) is 4.79 Å². The number of anilines is 1. The first-order valence-corrected chi connectivity index (χ1v) is 6.77. The Labute approximate surface area is 119 Å². The van der Waals surface area contributed by atoms with Gasteiger partial charge >= 0.3 is 5.97 Å². The molecule has 2 aromatic rings. The van der Waals surface area contributed by atoms with Crippen LogP contribution in [0.15, 0.2) is 48.5 Å². The second-order valence-corrected chi connectivity index (χ2v) is 4.87. The van der Waals surface area contributed by atoms with E-state index in [4.69, 9.17) is 0 Å². The van der Waals surface area contributed by atoms with Gasteiger partial charge in [-0.05, 0) is 31.0 Å². The third kappa shape index (κ3) is 3.18. The Morgan fingerprint density at radius 3 is 2.50 bits per heavy atom. The molecule has 0 aromatic heterocycles. The van der Waals surface area contributed by atoms with Gasteiger partial charge in [0.2, 0.25) is 0 Å². The summed E-state index contributed by atoms with van der Waals surface area (Å²) in [5.74, 6) is -0.904. The van der Waals surface area contributed by atoms with Crippen LogP contribution in [0.5, 0.6) is 0 Å². The zero-order valence-corrected chi connectivity index (χ0v) is 11.8. The summed E-state index contributed by atoms with van der Waals surface area (Å²) in [6.45, 7) is 3.98. The van der Waals surface area contributed by atoms with Crippen molar-refractivity contribution in [3.8, 4) is 0 Å². The molecular weight excluding hydrogens is 250 g/mol. The number of benzene rings is 2. The van der Waals surface area contributed by atoms with Gasteiger partial charge < -0.3 is 10.4 Å². The van der Waals surface area contributed by atoms with Crippen LogP contribution < -0.4 is 5.32 Å². The molecule has 0 bridgehead atoms. The molecule has 0 saturated heterocycles. The molecule has 2 rings (SSSR count). The number of carboxylic acids is 1. The molecule has 0 aliphatic heterocycles. The average molecular weight is 269 g/mol. The minimum Gasteiger partial charge on any atom is -0.478 e. The zero-order chi connectivity index (χ0) is 14.5. The molecule has 1 atom stereocenters. The largest absolute Gasteiger partial charge is 0.478 e. The number of aromatic carboxylic acids is 1. The van der Waals surface area contributed by atoms with E-state index < -0.39 is 5.97 Å². The third-order valence-electron chi connectivity index (χ3n) is 3.35. The van der Waals surface area contributed by atoms with Gasteiger partial charge in [0.25, 0.3) is 0 Å². The first-order valence-electron chi connectivity index (χ1n) is 6.77. The first-order chi connectivity index (χ1) is 9.61. The number of rotatable bonds is 5. The van der Waals surface area contributed by atoms with E-state index in [1.807, 2.05) is 37.3 Å². The van der Waals surface area contributed by atoms with Gasteiger partial charge in [0.05, 0.1) is 11.6 Å². The van der Waals surface area contributed by atoms with Crippen molar-refractivity contribution < 1.29 is 9.90 Å². The summed E-state index contributed by atoms with van der Waals surface area (Å²) in [7, 11) is 0. The van der Waals surface area contributed by atoms with Crippen LogP contribution in [0.3, 0.4) is 0 Å². The minimum absolute atomic E-state index is 0.108. The van der Waals surface area contributed by atoms with Gasteiger partial charge in [0.1, 0.15) is 0 Å². The average Bonchev–Trinajstić information content (AvgIpc) is 2.46. The van der Waals surface area contributed by atoms with Crippen molar-refractivity contribution in [1.29, 1.82) is 0 Å². The second-order valence-electron chi connectivity index (χ2n) is 4.87. The minimum atomic E-state index is -0.904. The molecule has 0 amide bonds. The van der Waals surface area contributed by atoms with Crippen LogP contribution in [0.1, 0.15) is 40.9 Å². The summed E-state index contributed by atoms with van der Waals surface area (Å²) in [4.78, 5) is 11.3. The molecule has 0 aliphatic carbocycles. The van der Waals surface area contributed by atoms with Crippen molar-refractivity contribution in [2.24, 2.45) is 0 Å². The lowest BCUT2D eigenvalue weighted by molar-refractivity contribution is 0.0698. The smallest absolute Gasteiger partial charge is 0.337 e. The lowest BCUT2D eigenvalue weighted by Crippen LogP contribution is -2.13. The molecule has 0 saturated carbocycles. The van der Waals surface area contributed by atoms with Crippen LogP contribution in [-0.2, 0) is 0 Å². The van der Waals surface area contributed by atoms with Gasteiger partial charge in [-0.3, -0.25) is 0 Å². The van der Waals surface area contributed by atoms with Gasteiger partial charge in [-0.15, -0.1) is 0 Å². The Morgan fingerprint density at radius 2 is 1.90 bits per heavy atom. The van der Waals surface area contributed by atoms with Crippen LogP contribution in [0.2, 0.25) is 0 Å². The summed E-state index contributed by atoms with van der Waals surface area (Å²) < 4.78 is 0. The third-order valence-corrected chi connectivity index (χ3v) is 3.35. The Hall–Kier alpha value is -2.29. The maximum atomic E-state index is 11.3. The maximum absolute atomic E-state index is 11.3. The molecule has 20 heavy (non-hydrogen) atoms. The maximum Gasteiger partial charge on any atom is 0.337 e. The number of carbonyl (C=O) groups is 1. The highest BCUT2D eigenvalue weighted by atomic mass is 16.4. The summed E-state index contributed by atoms with van der Waals surface area (Å²) in [6.07, 6.45) is 0.886. The molecule has 2 aromatic carbocycles. The van der Waals surface area contributed by atoms with E-state index in [0.717, 1.165) is 17.5 Å². The molecule has 1 unspecified atom stereocenters. The Morgan fingerprint density at radius 1 is 1.20 bits per heavy atom. The number of hydrogen-bond acceptors (Lipinski definition) is 2. The van der Waals surface area contributed by atoms with E-state index in [1.54, 1.807) is 6.07 Å². The molecular formula is C17H19NO2. The molecule has 0 radical (unpaired) electrons. The van der Waals surface area contributed by atoms with Crippen LogP contribution >= 0.6 is 0 Å². The lowest BCUT2D eigenvalue weighted by Gasteiger charge is -2.20. The van der Waals surface area contributed by atoms with E-state index in [9.17, 15) is 9.90 Å². The Kier molecular flexibility index (Phi) is 4.41. The summed E-state index contributed by atoms with van der Waals surface area (Å²) in [5, 5.41) is 12.6.